The fraction of sp³-hybridized carbons (Fsp3) is 0.450. The van der Waals surface area contributed by atoms with Crippen LogP contribution in [-0.4, -0.2) is 35.4 Å². The highest BCUT2D eigenvalue weighted by Gasteiger charge is 2.31. The summed E-state index contributed by atoms with van der Waals surface area (Å²) in [5.74, 6) is 0.240. The number of nitrogens with one attached hydrogen (secondary N) is 1. The average Bonchev–Trinajstić information content (AvgIpc) is 3.45. The van der Waals surface area contributed by atoms with E-state index >= 15 is 0 Å². The van der Waals surface area contributed by atoms with Gasteiger partial charge >= 0.3 is 0 Å². The van der Waals surface area contributed by atoms with Gasteiger partial charge in [-0.2, -0.15) is 0 Å². The van der Waals surface area contributed by atoms with Crippen LogP contribution >= 0.6 is 0 Å². The van der Waals surface area contributed by atoms with Crippen molar-refractivity contribution in [3.63, 3.8) is 0 Å². The summed E-state index contributed by atoms with van der Waals surface area (Å²) in [7, 11) is 0. The van der Waals surface area contributed by atoms with Crippen molar-refractivity contribution in [1.29, 1.82) is 0 Å². The SMILES string of the molecule is CC1CCC(C(N)=O)CN1c1cc(C(=O)NC2CC2)c2ccccc2n1. The molecule has 1 aromatic carbocycles. The van der Waals surface area contributed by atoms with Crippen molar-refractivity contribution in [3.8, 4) is 0 Å². The molecule has 1 aromatic heterocycles. The number of hydrogen-bond acceptors (Lipinski definition) is 4. The van der Waals surface area contributed by atoms with Crippen LogP contribution in [0.5, 0.6) is 0 Å². The molecule has 2 atom stereocenters. The lowest BCUT2D eigenvalue weighted by Crippen LogP contribution is -2.46. The molecule has 2 heterocycles. The Morgan fingerprint density at radius 3 is 2.69 bits per heavy atom. The van der Waals surface area contributed by atoms with Crippen LogP contribution in [0.2, 0.25) is 0 Å². The van der Waals surface area contributed by atoms with Gasteiger partial charge in [0.1, 0.15) is 5.82 Å². The molecule has 2 unspecified atom stereocenters. The number of hydrogen-bond donors (Lipinski definition) is 2. The highest BCUT2D eigenvalue weighted by molar-refractivity contribution is 6.07. The van der Waals surface area contributed by atoms with Gasteiger partial charge in [-0.3, -0.25) is 9.59 Å². The second-order valence-electron chi connectivity index (χ2n) is 7.47. The zero-order chi connectivity index (χ0) is 18.3. The summed E-state index contributed by atoms with van der Waals surface area (Å²) < 4.78 is 0. The van der Waals surface area contributed by atoms with Crippen LogP contribution in [0.15, 0.2) is 30.3 Å². The predicted molar refractivity (Wildman–Crippen MR) is 101 cm³/mol. The Kier molecular flexibility index (Phi) is 4.26. The number of anilines is 1. The largest absolute Gasteiger partial charge is 0.369 e. The van der Waals surface area contributed by atoms with Crippen molar-refractivity contribution in [2.75, 3.05) is 11.4 Å². The first kappa shape index (κ1) is 16.8. The van der Waals surface area contributed by atoms with E-state index in [9.17, 15) is 9.59 Å². The number of para-hydroxylation sites is 1. The molecule has 1 aliphatic heterocycles. The zero-order valence-electron chi connectivity index (χ0n) is 14.9. The molecule has 1 aliphatic carbocycles. The first-order valence-electron chi connectivity index (χ1n) is 9.29. The van der Waals surface area contributed by atoms with Crippen molar-refractivity contribution in [1.82, 2.24) is 10.3 Å². The molecule has 26 heavy (non-hydrogen) atoms. The van der Waals surface area contributed by atoms with E-state index in [1.165, 1.54) is 0 Å². The van der Waals surface area contributed by atoms with E-state index in [4.69, 9.17) is 10.7 Å². The Bertz CT molecular complexity index is 862. The third-order valence-electron chi connectivity index (χ3n) is 5.44. The van der Waals surface area contributed by atoms with Gasteiger partial charge in [-0.15, -0.1) is 0 Å². The number of aromatic nitrogens is 1. The number of carbonyl (C=O) groups excluding carboxylic acids is 2. The molecule has 0 bridgehead atoms. The maximum atomic E-state index is 12.8. The molecule has 0 radical (unpaired) electrons. The van der Waals surface area contributed by atoms with Crippen molar-refractivity contribution in [2.45, 2.75) is 44.7 Å². The van der Waals surface area contributed by atoms with Crippen LogP contribution in [0.4, 0.5) is 5.82 Å². The molecule has 2 aromatic rings. The van der Waals surface area contributed by atoms with E-state index in [-0.39, 0.29) is 23.8 Å². The smallest absolute Gasteiger partial charge is 0.252 e. The molecule has 0 spiro atoms. The van der Waals surface area contributed by atoms with Gasteiger partial charge in [0.25, 0.3) is 5.91 Å². The molecule has 2 aliphatic rings. The van der Waals surface area contributed by atoms with E-state index in [0.29, 0.717) is 18.2 Å². The number of carbonyl (C=O) groups is 2. The minimum Gasteiger partial charge on any atom is -0.369 e. The van der Waals surface area contributed by atoms with Gasteiger partial charge in [-0.1, -0.05) is 18.2 Å². The third kappa shape index (κ3) is 3.23. The molecular weight excluding hydrogens is 328 g/mol. The summed E-state index contributed by atoms with van der Waals surface area (Å²) in [6.45, 7) is 2.67. The predicted octanol–water partition coefficient (Wildman–Crippen LogP) is 2.22. The van der Waals surface area contributed by atoms with Crippen LogP contribution in [0.1, 0.15) is 43.0 Å². The summed E-state index contributed by atoms with van der Waals surface area (Å²) in [5.41, 5.74) is 6.97. The molecule has 1 saturated heterocycles. The van der Waals surface area contributed by atoms with Crippen LogP contribution in [0, 0.1) is 5.92 Å². The molecular formula is C20H24N4O2. The third-order valence-corrected chi connectivity index (χ3v) is 5.44. The van der Waals surface area contributed by atoms with Crippen molar-refractivity contribution >= 4 is 28.5 Å². The molecule has 6 nitrogen and oxygen atoms in total. The molecule has 136 valence electrons. The van der Waals surface area contributed by atoms with E-state index in [1.807, 2.05) is 30.3 Å². The summed E-state index contributed by atoms with van der Waals surface area (Å²) in [4.78, 5) is 31.3. The van der Waals surface area contributed by atoms with E-state index in [0.717, 1.165) is 42.4 Å². The Labute approximate surface area is 152 Å². The number of benzene rings is 1. The van der Waals surface area contributed by atoms with Gasteiger partial charge in [0, 0.05) is 24.0 Å². The van der Waals surface area contributed by atoms with Crippen LogP contribution in [-0.2, 0) is 4.79 Å². The van der Waals surface area contributed by atoms with Gasteiger partial charge in [-0.05, 0) is 44.7 Å². The lowest BCUT2D eigenvalue weighted by Gasteiger charge is -2.38. The number of amides is 2. The quantitative estimate of drug-likeness (QED) is 0.883. The number of nitrogens with two attached hydrogens (primary N) is 1. The lowest BCUT2D eigenvalue weighted by atomic mass is 9.92. The number of pyridine rings is 1. The number of rotatable bonds is 4. The summed E-state index contributed by atoms with van der Waals surface area (Å²) in [6, 6.07) is 10.1. The van der Waals surface area contributed by atoms with Crippen LogP contribution in [0.25, 0.3) is 10.9 Å². The summed E-state index contributed by atoms with van der Waals surface area (Å²) in [6.07, 6.45) is 3.78. The monoisotopic (exact) mass is 352 g/mol. The Hall–Kier alpha value is -2.63. The van der Waals surface area contributed by atoms with Crippen molar-refractivity contribution < 1.29 is 9.59 Å². The summed E-state index contributed by atoms with van der Waals surface area (Å²) >= 11 is 0. The number of primary amides is 1. The van der Waals surface area contributed by atoms with Crippen molar-refractivity contribution in [2.24, 2.45) is 11.7 Å². The molecule has 2 amide bonds. The van der Waals surface area contributed by atoms with Crippen LogP contribution in [0.3, 0.4) is 0 Å². The number of fused-ring (bicyclic) bond motifs is 1. The zero-order valence-corrected chi connectivity index (χ0v) is 14.9. The minimum absolute atomic E-state index is 0.0523. The highest BCUT2D eigenvalue weighted by atomic mass is 16.2. The maximum Gasteiger partial charge on any atom is 0.252 e. The van der Waals surface area contributed by atoms with Gasteiger partial charge < -0.3 is 16.0 Å². The first-order chi connectivity index (χ1) is 12.5. The number of piperidine rings is 1. The fourth-order valence-corrected chi connectivity index (χ4v) is 3.65. The van der Waals surface area contributed by atoms with Gasteiger partial charge in [0.05, 0.1) is 17.0 Å². The number of nitrogens with zero attached hydrogens (tertiary/aromatic N) is 2. The van der Waals surface area contributed by atoms with Crippen LogP contribution < -0.4 is 16.0 Å². The maximum absolute atomic E-state index is 12.8. The average molecular weight is 352 g/mol. The molecule has 3 N–H and O–H groups in total. The van der Waals surface area contributed by atoms with Gasteiger partial charge in [0.2, 0.25) is 5.91 Å². The summed E-state index contributed by atoms with van der Waals surface area (Å²) in [5, 5.41) is 3.92. The minimum atomic E-state index is -0.269. The second-order valence-corrected chi connectivity index (χ2v) is 7.47. The fourth-order valence-electron chi connectivity index (χ4n) is 3.65. The normalized spacial score (nSPS) is 23.0. The molecule has 2 fully saturated rings. The second kappa shape index (κ2) is 6.59. The van der Waals surface area contributed by atoms with Gasteiger partial charge in [0.15, 0.2) is 0 Å². The Balaban J connectivity index is 1.74. The van der Waals surface area contributed by atoms with E-state index in [1.54, 1.807) is 0 Å². The molecule has 4 rings (SSSR count). The first-order valence-corrected chi connectivity index (χ1v) is 9.29. The van der Waals surface area contributed by atoms with Crippen molar-refractivity contribution in [3.05, 3.63) is 35.9 Å². The lowest BCUT2D eigenvalue weighted by molar-refractivity contribution is -0.122. The Morgan fingerprint density at radius 2 is 1.96 bits per heavy atom. The van der Waals surface area contributed by atoms with E-state index in [2.05, 4.69) is 17.1 Å². The van der Waals surface area contributed by atoms with Gasteiger partial charge in [-0.25, -0.2) is 4.98 Å². The molecule has 6 heteroatoms. The topological polar surface area (TPSA) is 88.3 Å². The molecule has 1 saturated carbocycles. The standard InChI is InChI=1S/C20H24N4O2/c1-12-6-7-13(19(21)25)11-24(12)18-10-16(20(26)22-14-8-9-14)15-4-2-3-5-17(15)23-18/h2-5,10,12-14H,6-9,11H2,1H3,(H2,21,25)(H,22,26). The highest BCUT2D eigenvalue weighted by Crippen LogP contribution is 2.30. The Morgan fingerprint density at radius 1 is 1.19 bits per heavy atom. The van der Waals surface area contributed by atoms with E-state index < -0.39 is 0 Å².